The monoisotopic (exact) mass is 390 g/mol. The Labute approximate surface area is 158 Å². The summed E-state index contributed by atoms with van der Waals surface area (Å²) in [6.07, 6.45) is -0.450. The molecule has 0 aromatic heterocycles. The molecule has 1 atom stereocenters. The van der Waals surface area contributed by atoms with Gasteiger partial charge in [0.2, 0.25) is 10.0 Å². The third-order valence-corrected chi connectivity index (χ3v) is 5.72. The Morgan fingerprint density at radius 2 is 2.00 bits per heavy atom. The van der Waals surface area contributed by atoms with E-state index in [2.05, 4.69) is 4.72 Å². The number of carbonyl (C=O) groups is 1. The van der Waals surface area contributed by atoms with Crippen LogP contribution in [0, 0.1) is 6.92 Å². The Morgan fingerprint density at radius 3 is 2.74 bits per heavy atom. The summed E-state index contributed by atoms with van der Waals surface area (Å²) in [5, 5.41) is 0. The lowest BCUT2D eigenvalue weighted by atomic mass is 10.2. The molecule has 7 nitrogen and oxygen atoms in total. The van der Waals surface area contributed by atoms with Gasteiger partial charge in [0.25, 0.3) is 5.91 Å². The lowest BCUT2D eigenvalue weighted by Gasteiger charge is -2.33. The van der Waals surface area contributed by atoms with E-state index in [0.29, 0.717) is 11.4 Å². The predicted molar refractivity (Wildman–Crippen MR) is 101 cm³/mol. The van der Waals surface area contributed by atoms with Gasteiger partial charge in [0.1, 0.15) is 12.4 Å². The van der Waals surface area contributed by atoms with E-state index in [0.717, 1.165) is 5.56 Å². The van der Waals surface area contributed by atoms with Crippen LogP contribution in [0.15, 0.2) is 53.4 Å². The molecule has 0 bridgehead atoms. The summed E-state index contributed by atoms with van der Waals surface area (Å²) < 4.78 is 38.2. The van der Waals surface area contributed by atoms with Gasteiger partial charge in [-0.2, -0.15) is 0 Å². The molecule has 0 spiro atoms. The molecule has 1 saturated heterocycles. The maximum Gasteiger partial charge on any atom is 0.253 e. The van der Waals surface area contributed by atoms with Gasteiger partial charge in [-0.15, -0.1) is 0 Å². The van der Waals surface area contributed by atoms with E-state index in [9.17, 15) is 13.2 Å². The molecule has 0 aliphatic carbocycles. The SMILES string of the molecule is COc1cccc(N2CC(CNS(=O)(=O)c3cccc(C)c3)OCC2=O)c1. The lowest BCUT2D eigenvalue weighted by Crippen LogP contribution is -2.50. The normalized spacial score (nSPS) is 17.8. The van der Waals surface area contributed by atoms with E-state index < -0.39 is 16.1 Å². The summed E-state index contributed by atoms with van der Waals surface area (Å²) >= 11 is 0. The summed E-state index contributed by atoms with van der Waals surface area (Å²) in [6.45, 7) is 2.06. The fraction of sp³-hybridized carbons (Fsp3) is 0.316. The number of sulfonamides is 1. The second-order valence-electron chi connectivity index (χ2n) is 6.31. The van der Waals surface area contributed by atoms with Crippen molar-refractivity contribution in [1.82, 2.24) is 4.72 Å². The highest BCUT2D eigenvalue weighted by Crippen LogP contribution is 2.23. The van der Waals surface area contributed by atoms with Crippen LogP contribution in [-0.4, -0.2) is 47.2 Å². The van der Waals surface area contributed by atoms with E-state index in [4.69, 9.17) is 9.47 Å². The van der Waals surface area contributed by atoms with Crippen molar-refractivity contribution in [3.8, 4) is 5.75 Å². The van der Waals surface area contributed by atoms with Gasteiger partial charge >= 0.3 is 0 Å². The Kier molecular flexibility index (Phi) is 5.79. The molecule has 2 aromatic carbocycles. The molecule has 27 heavy (non-hydrogen) atoms. The van der Waals surface area contributed by atoms with E-state index >= 15 is 0 Å². The molecule has 1 fully saturated rings. The largest absolute Gasteiger partial charge is 0.497 e. The highest BCUT2D eigenvalue weighted by atomic mass is 32.2. The molecule has 3 rings (SSSR count). The summed E-state index contributed by atoms with van der Waals surface area (Å²) in [5.74, 6) is 0.463. The highest BCUT2D eigenvalue weighted by Gasteiger charge is 2.29. The predicted octanol–water partition coefficient (Wildman–Crippen LogP) is 1.71. The van der Waals surface area contributed by atoms with Crippen LogP contribution in [0.25, 0.3) is 0 Å². The van der Waals surface area contributed by atoms with Gasteiger partial charge < -0.3 is 14.4 Å². The maximum absolute atomic E-state index is 12.5. The summed E-state index contributed by atoms with van der Waals surface area (Å²) in [7, 11) is -2.08. The molecule has 1 aliphatic heterocycles. The topological polar surface area (TPSA) is 84.9 Å². The fourth-order valence-corrected chi connectivity index (χ4v) is 4.02. The van der Waals surface area contributed by atoms with E-state index in [1.54, 1.807) is 54.5 Å². The summed E-state index contributed by atoms with van der Waals surface area (Å²) in [6, 6.07) is 13.8. The number of benzene rings is 2. The molecular weight excluding hydrogens is 368 g/mol. The molecule has 0 radical (unpaired) electrons. The minimum absolute atomic E-state index is 0.0734. The van der Waals surface area contributed by atoms with Crippen LogP contribution in [0.1, 0.15) is 5.56 Å². The van der Waals surface area contributed by atoms with Crippen molar-refractivity contribution in [3.63, 3.8) is 0 Å². The van der Waals surface area contributed by atoms with Gasteiger partial charge in [0, 0.05) is 18.3 Å². The lowest BCUT2D eigenvalue weighted by molar-refractivity contribution is -0.129. The van der Waals surface area contributed by atoms with Gasteiger partial charge in [-0.05, 0) is 36.8 Å². The molecule has 1 unspecified atom stereocenters. The second-order valence-corrected chi connectivity index (χ2v) is 8.07. The molecule has 1 amide bonds. The van der Waals surface area contributed by atoms with Crippen LogP contribution in [0.2, 0.25) is 0 Å². The maximum atomic E-state index is 12.5. The molecule has 1 N–H and O–H groups in total. The van der Waals surface area contributed by atoms with Crippen LogP contribution < -0.4 is 14.4 Å². The van der Waals surface area contributed by atoms with Gasteiger partial charge in [-0.1, -0.05) is 18.2 Å². The number of nitrogens with zero attached hydrogens (tertiary/aromatic N) is 1. The summed E-state index contributed by atoms with van der Waals surface area (Å²) in [4.78, 5) is 14.0. The molecule has 1 aliphatic rings. The van der Waals surface area contributed by atoms with Gasteiger partial charge in [-0.3, -0.25) is 4.79 Å². The molecule has 144 valence electrons. The van der Waals surface area contributed by atoms with Crippen molar-refractivity contribution in [1.29, 1.82) is 0 Å². The average molecular weight is 390 g/mol. The van der Waals surface area contributed by atoms with Gasteiger partial charge in [0.05, 0.1) is 24.7 Å². The van der Waals surface area contributed by atoms with E-state index in [1.165, 1.54) is 0 Å². The molecule has 8 heteroatoms. The first-order valence-corrected chi connectivity index (χ1v) is 10.00. The van der Waals surface area contributed by atoms with Crippen molar-refractivity contribution in [2.45, 2.75) is 17.9 Å². The number of rotatable bonds is 6. The minimum Gasteiger partial charge on any atom is -0.497 e. The van der Waals surface area contributed by atoms with Crippen molar-refractivity contribution < 1.29 is 22.7 Å². The van der Waals surface area contributed by atoms with Crippen molar-refractivity contribution in [3.05, 3.63) is 54.1 Å². The highest BCUT2D eigenvalue weighted by molar-refractivity contribution is 7.89. The standard InChI is InChI=1S/C19H22N2O5S/c1-14-5-3-8-18(9-14)27(23,24)20-11-17-12-21(19(22)13-26-17)15-6-4-7-16(10-15)25-2/h3-10,17,20H,11-13H2,1-2H3. The number of ether oxygens (including phenoxy) is 2. The Hall–Kier alpha value is -2.42. The first kappa shape index (κ1) is 19.3. The number of morpholine rings is 1. The second kappa shape index (κ2) is 8.08. The van der Waals surface area contributed by atoms with Gasteiger partial charge in [0.15, 0.2) is 0 Å². The number of hydrogen-bond donors (Lipinski definition) is 1. The van der Waals surface area contributed by atoms with Crippen molar-refractivity contribution in [2.75, 3.05) is 31.7 Å². The van der Waals surface area contributed by atoms with Gasteiger partial charge in [-0.25, -0.2) is 13.1 Å². The minimum atomic E-state index is -3.64. The van der Waals surface area contributed by atoms with Crippen LogP contribution in [0.5, 0.6) is 5.75 Å². The Bertz CT molecular complexity index is 929. The van der Waals surface area contributed by atoms with Crippen molar-refractivity contribution in [2.24, 2.45) is 0 Å². The third kappa shape index (κ3) is 4.65. The number of nitrogens with one attached hydrogen (secondary N) is 1. The van der Waals surface area contributed by atoms with E-state index in [-0.39, 0.29) is 30.5 Å². The molecule has 1 heterocycles. The van der Waals surface area contributed by atoms with Crippen LogP contribution >= 0.6 is 0 Å². The van der Waals surface area contributed by atoms with Crippen LogP contribution in [0.3, 0.4) is 0 Å². The Balaban J connectivity index is 1.68. The Morgan fingerprint density at radius 1 is 1.22 bits per heavy atom. The zero-order valence-electron chi connectivity index (χ0n) is 15.2. The molecular formula is C19H22N2O5S. The number of methoxy groups -OCH3 is 1. The van der Waals surface area contributed by atoms with Crippen LogP contribution in [-0.2, 0) is 19.6 Å². The summed E-state index contributed by atoms with van der Waals surface area (Å²) in [5.41, 5.74) is 1.55. The average Bonchev–Trinajstić information content (AvgIpc) is 2.67. The zero-order chi connectivity index (χ0) is 19.4. The number of hydrogen-bond acceptors (Lipinski definition) is 5. The quantitative estimate of drug-likeness (QED) is 0.812. The third-order valence-electron chi connectivity index (χ3n) is 4.30. The number of aryl methyl sites for hydroxylation is 1. The molecule has 0 saturated carbocycles. The number of anilines is 1. The zero-order valence-corrected chi connectivity index (χ0v) is 16.0. The smallest absolute Gasteiger partial charge is 0.253 e. The fourth-order valence-electron chi connectivity index (χ4n) is 2.84. The van der Waals surface area contributed by atoms with Crippen LogP contribution in [0.4, 0.5) is 5.69 Å². The molecule has 2 aromatic rings. The van der Waals surface area contributed by atoms with E-state index in [1.807, 2.05) is 13.0 Å². The number of carbonyl (C=O) groups excluding carboxylic acids is 1. The first-order chi connectivity index (χ1) is 12.9. The van der Waals surface area contributed by atoms with Crippen molar-refractivity contribution >= 4 is 21.6 Å². The first-order valence-electron chi connectivity index (χ1n) is 8.51. The number of amides is 1.